The quantitative estimate of drug-likeness (QED) is 0.0279. The molecule has 1 aromatic heterocycles. The maximum atomic E-state index is 14.3. The van der Waals surface area contributed by atoms with E-state index in [2.05, 4.69) is 30.6 Å². The Hall–Kier alpha value is -8.73. The van der Waals surface area contributed by atoms with Crippen LogP contribution in [0.3, 0.4) is 0 Å². The number of aryl methyl sites for hydroxylation is 3. The summed E-state index contributed by atoms with van der Waals surface area (Å²) in [5, 5.41) is 40.4. The minimum atomic E-state index is -5.08. The van der Waals surface area contributed by atoms with Gasteiger partial charge < -0.3 is 60.5 Å². The Balaban J connectivity index is 0.00000148. The molecule has 0 aliphatic carbocycles. The number of ketones is 1. The van der Waals surface area contributed by atoms with E-state index in [1.807, 2.05) is 26.5 Å². The number of aliphatic carboxylic acids is 4. The molecule has 3 aromatic rings. The van der Waals surface area contributed by atoms with Crippen molar-refractivity contribution in [2.45, 2.75) is 155 Å². The molecule has 2 aliphatic rings. The van der Waals surface area contributed by atoms with E-state index >= 15 is 0 Å². The number of nitrogens with zero attached hydrogens (tertiary/aromatic N) is 6. The van der Waals surface area contributed by atoms with Gasteiger partial charge in [0.2, 0.25) is 21.8 Å². The fourth-order valence-electron chi connectivity index (χ4n) is 9.74. The Bertz CT molecular complexity index is 3380. The standard InChI is InChI=1S/C57H87N11O13S.3C2HF3O2/c1-38-28-39(2)51(40(3)29-38)82(77,78)63-43(53(75)76)33-61-52(74)45-31-46(69)42-15-14-41(32-62-54-59-17-18-60-54)30-44(42)68(45)19-13-16-58-47(70)34-64-20-22-65(35-48(71)79-55(4,5)6)24-26-67(37-50(73)81-57(10,11)12)27-25-66(23-21-64)36-49(72)80-56(7,8)9;3*3-2(4,5)1(6)7/h14-15,17-18,28-30,43,45,63H,13,16,19-27,31-37H2,1-12H3,(H,58,70)(H,61,74)(H,75,76)(H2,59,60,62);3*(H,6,7)/t43-,45?;;;/m0.../s1. The number of carboxylic acids is 4. The van der Waals surface area contributed by atoms with Crippen LogP contribution in [0.4, 0.5) is 51.1 Å². The number of Topliss-reactive ketones (excluding diaryl/α,β-unsaturated/α-hetero) is 1. The number of ether oxygens (including phenoxy) is 3. The van der Waals surface area contributed by atoms with Crippen LogP contribution < -0.4 is 25.6 Å². The third-order valence-corrected chi connectivity index (χ3v) is 15.7. The van der Waals surface area contributed by atoms with Crippen molar-refractivity contribution < 1.29 is 131 Å². The highest BCUT2D eigenvalue weighted by Crippen LogP contribution is 2.33. The van der Waals surface area contributed by atoms with Crippen molar-refractivity contribution in [3.8, 4) is 0 Å². The second kappa shape index (κ2) is 39.2. The van der Waals surface area contributed by atoms with Gasteiger partial charge in [-0.2, -0.15) is 44.2 Å². The predicted octanol–water partition coefficient (Wildman–Crippen LogP) is 4.91. The monoisotopic (exact) mass is 1510 g/mol. The predicted molar refractivity (Wildman–Crippen MR) is 350 cm³/mol. The Morgan fingerprint density at radius 3 is 1.37 bits per heavy atom. The van der Waals surface area contributed by atoms with E-state index in [1.165, 1.54) is 0 Å². The number of aromatic amines is 1. The molecule has 2 atom stereocenters. The summed E-state index contributed by atoms with van der Waals surface area (Å²) >= 11 is 0. The van der Waals surface area contributed by atoms with Crippen LogP contribution >= 0.6 is 0 Å². The van der Waals surface area contributed by atoms with Crippen LogP contribution in [0.25, 0.3) is 0 Å². The summed E-state index contributed by atoms with van der Waals surface area (Å²) in [5.74, 6) is -11.9. The zero-order valence-electron chi connectivity index (χ0n) is 58.8. The molecule has 1 fully saturated rings. The first-order valence-corrected chi connectivity index (χ1v) is 33.0. The third kappa shape index (κ3) is 35.3. The van der Waals surface area contributed by atoms with E-state index in [0.29, 0.717) is 87.2 Å². The number of amides is 2. The second-order valence-corrected chi connectivity index (χ2v) is 28.1. The van der Waals surface area contributed by atoms with Gasteiger partial charge in [-0.05, 0) is 118 Å². The van der Waals surface area contributed by atoms with E-state index in [4.69, 9.17) is 43.9 Å². The number of fused-ring (bicyclic) bond motifs is 1. The highest BCUT2D eigenvalue weighted by atomic mass is 32.2. The molecule has 2 amide bonds. The summed E-state index contributed by atoms with van der Waals surface area (Å²) in [6.45, 7) is 23.9. The van der Waals surface area contributed by atoms with E-state index in [9.17, 15) is 86.6 Å². The number of hydrogen-bond donors (Lipinski definition) is 9. The van der Waals surface area contributed by atoms with Crippen molar-refractivity contribution in [1.82, 2.24) is 44.9 Å². The lowest BCUT2D eigenvalue weighted by molar-refractivity contribution is -0.193. The van der Waals surface area contributed by atoms with Crippen molar-refractivity contribution in [1.29, 1.82) is 0 Å². The molecule has 1 unspecified atom stereocenters. The van der Waals surface area contributed by atoms with Crippen LogP contribution in [0.1, 0.15) is 108 Å². The second-order valence-electron chi connectivity index (χ2n) is 26.4. The van der Waals surface area contributed by atoms with Gasteiger partial charge in [0.1, 0.15) is 28.9 Å². The Morgan fingerprint density at radius 2 is 1.01 bits per heavy atom. The van der Waals surface area contributed by atoms with Gasteiger partial charge in [-0.1, -0.05) is 23.8 Å². The number of esters is 3. The number of anilines is 2. The van der Waals surface area contributed by atoms with E-state index in [1.54, 1.807) is 124 Å². The Labute approximate surface area is 588 Å². The third-order valence-electron chi connectivity index (χ3n) is 13.9. The summed E-state index contributed by atoms with van der Waals surface area (Å²) in [6, 6.07) is 5.71. The topological polar surface area (TPSA) is 406 Å². The van der Waals surface area contributed by atoms with Crippen molar-refractivity contribution in [3.05, 3.63) is 70.5 Å². The van der Waals surface area contributed by atoms with Crippen molar-refractivity contribution in [2.75, 3.05) is 108 Å². The van der Waals surface area contributed by atoms with Gasteiger partial charge in [-0.15, -0.1) is 0 Å². The van der Waals surface area contributed by atoms with Gasteiger partial charge in [0.15, 0.2) is 11.7 Å². The lowest BCUT2D eigenvalue weighted by Crippen LogP contribution is -2.55. The molecule has 3 heterocycles. The lowest BCUT2D eigenvalue weighted by Gasteiger charge is -2.38. The van der Waals surface area contributed by atoms with E-state index < -0.39 is 112 Å². The van der Waals surface area contributed by atoms with Crippen LogP contribution in [0.15, 0.2) is 47.6 Å². The van der Waals surface area contributed by atoms with Gasteiger partial charge in [-0.25, -0.2) is 27.8 Å². The average Bonchev–Trinajstić information content (AvgIpc) is 1.48. The number of rotatable bonds is 22. The van der Waals surface area contributed by atoms with Gasteiger partial charge >= 0.3 is 60.3 Å². The minimum Gasteiger partial charge on any atom is -0.480 e. The van der Waals surface area contributed by atoms with Crippen LogP contribution in [-0.4, -0.2) is 263 Å². The molecule has 0 spiro atoms. The molecule has 2 aliphatic heterocycles. The molecular formula is C63H90F9N11O19S. The zero-order chi connectivity index (χ0) is 79.0. The fourth-order valence-corrected chi connectivity index (χ4v) is 11.4. The van der Waals surface area contributed by atoms with Crippen LogP contribution in [0.5, 0.6) is 0 Å². The number of halogens is 9. The van der Waals surface area contributed by atoms with E-state index in [-0.39, 0.29) is 68.7 Å². The first-order chi connectivity index (χ1) is 47.1. The number of H-pyrrole nitrogens is 1. The molecular weight excluding hydrogens is 1420 g/mol. The largest absolute Gasteiger partial charge is 0.490 e. The number of nitrogens with one attached hydrogen (secondary N) is 5. The number of hydrogen-bond acceptors (Lipinski definition) is 22. The fraction of sp³-hybridized carbons (Fsp3) is 0.603. The minimum absolute atomic E-state index is 0.0144. The number of carbonyl (C=O) groups is 10. The van der Waals surface area contributed by atoms with Crippen molar-refractivity contribution >= 4 is 81.0 Å². The molecule has 103 heavy (non-hydrogen) atoms. The number of benzene rings is 2. The Kier molecular flexibility index (Phi) is 34.4. The summed E-state index contributed by atoms with van der Waals surface area (Å²) in [4.78, 5) is 138. The molecule has 2 aromatic carbocycles. The average molecular weight is 1510 g/mol. The number of alkyl halides is 9. The molecule has 0 bridgehead atoms. The van der Waals surface area contributed by atoms with Crippen molar-refractivity contribution in [2.24, 2.45) is 0 Å². The lowest BCUT2D eigenvalue weighted by atomic mass is 9.92. The molecule has 5 rings (SSSR count). The highest BCUT2D eigenvalue weighted by Gasteiger charge is 2.41. The Morgan fingerprint density at radius 1 is 0.612 bits per heavy atom. The molecule has 9 N–H and O–H groups in total. The van der Waals surface area contributed by atoms with Gasteiger partial charge in [0, 0.05) is 109 Å². The summed E-state index contributed by atoms with van der Waals surface area (Å²) in [5.41, 5.74) is 1.09. The number of imidazole rings is 1. The van der Waals surface area contributed by atoms with Gasteiger partial charge in [0.05, 0.1) is 31.1 Å². The normalized spacial score (nSPS) is 16.0. The molecule has 40 heteroatoms. The number of carboxylic acid groups (broad SMARTS) is 4. The number of carbonyl (C=O) groups excluding carboxylic acids is 6. The highest BCUT2D eigenvalue weighted by molar-refractivity contribution is 7.89. The first-order valence-electron chi connectivity index (χ1n) is 31.6. The van der Waals surface area contributed by atoms with Crippen LogP contribution in [0.2, 0.25) is 0 Å². The first kappa shape index (κ1) is 90.4. The smallest absolute Gasteiger partial charge is 0.480 e. The van der Waals surface area contributed by atoms with E-state index in [0.717, 1.165) is 11.1 Å². The van der Waals surface area contributed by atoms with Crippen LogP contribution in [-0.2, 0) is 73.9 Å². The van der Waals surface area contributed by atoms with Crippen LogP contribution in [0, 0.1) is 20.8 Å². The van der Waals surface area contributed by atoms with Crippen molar-refractivity contribution in [3.63, 3.8) is 0 Å². The summed E-state index contributed by atoms with van der Waals surface area (Å²) < 4.78 is 142. The summed E-state index contributed by atoms with van der Waals surface area (Å²) in [7, 11) is -4.37. The summed E-state index contributed by atoms with van der Waals surface area (Å²) in [6.07, 6.45) is -12.0. The zero-order valence-corrected chi connectivity index (χ0v) is 59.6. The maximum Gasteiger partial charge on any atom is 0.490 e. The molecule has 0 saturated carbocycles. The number of sulfonamides is 1. The van der Waals surface area contributed by atoms with Gasteiger partial charge in [-0.3, -0.25) is 53.2 Å². The van der Waals surface area contributed by atoms with Gasteiger partial charge in [0.25, 0.3) is 0 Å². The molecule has 1 saturated heterocycles. The molecule has 30 nitrogen and oxygen atoms in total. The maximum absolute atomic E-state index is 14.3. The molecule has 0 radical (unpaired) electrons. The molecule has 580 valence electrons. The number of aromatic nitrogens is 2. The SMILES string of the molecule is Cc1cc(C)c(S(=O)(=O)N[C@@H](CNC(=O)C2CC(=O)c3ccc(CNc4ncc[nH]4)cc3N2CCCNC(=O)CN2CCN(CC(=O)OC(C)(C)C)CCN(CC(=O)OC(C)(C)C)CCN(CC(=O)OC(C)(C)C)CC2)C(=O)O)c(C)c1.O=C(O)C(F)(F)F.O=C(O)C(F)(F)F.O=C(O)C(F)(F)F.